The van der Waals surface area contributed by atoms with Crippen LogP contribution >= 0.6 is 47.8 Å². The van der Waals surface area contributed by atoms with E-state index in [2.05, 4.69) is 68.6 Å². The number of aryl methyl sites for hydroxylation is 3. The number of hydrogen-bond donors (Lipinski definition) is 0. The van der Waals surface area contributed by atoms with E-state index in [9.17, 15) is 14.4 Å². The van der Waals surface area contributed by atoms with Crippen molar-refractivity contribution in [1.82, 2.24) is 13.7 Å². The first-order valence-corrected chi connectivity index (χ1v) is 22.9. The molecule has 3 aromatic carbocycles. The molecule has 0 saturated carbocycles. The average Bonchev–Trinajstić information content (AvgIpc) is 3.17. The number of fused-ring (bicyclic) bond motifs is 3. The van der Waals surface area contributed by atoms with E-state index in [0.717, 1.165) is 74.3 Å². The second kappa shape index (κ2) is 23.5. The Balaban J connectivity index is 2.01. The molecule has 7 aromatic rings. The standard InChI is InChI=1S/C45H60Br3N3O3/c1-4-7-10-13-16-19-28-49-40-25-22-35(32-37(40)46)44(53)51(30-21-18-15-12-9-6-3)42-27-24-36(33-39(42)48)45(54)50(29-20-17-14-11-8-5-2)41-26-23-34(43(49)52)31-38(41)47/h22-27,31-33H,4-21,28-30H2,1-3H3. The minimum atomic E-state index is -0.117. The third kappa shape index (κ3) is 12.5. The molecule has 0 radical (unpaired) electrons. The molecule has 6 nitrogen and oxygen atoms in total. The highest BCUT2D eigenvalue weighted by Gasteiger charge is 2.11. The molecule has 6 bridgehead atoms. The summed E-state index contributed by atoms with van der Waals surface area (Å²) in [7, 11) is 0. The highest BCUT2D eigenvalue weighted by atomic mass is 79.9. The summed E-state index contributed by atoms with van der Waals surface area (Å²) in [5.41, 5.74) is 1.86. The second-order valence-electron chi connectivity index (χ2n) is 14.7. The number of nitrogens with zero attached hydrogens (tertiary/aromatic N) is 3. The molecule has 0 aliphatic carbocycles. The van der Waals surface area contributed by atoms with E-state index in [1.54, 1.807) is 0 Å². The van der Waals surface area contributed by atoms with E-state index >= 15 is 0 Å². The van der Waals surface area contributed by atoms with Crippen molar-refractivity contribution in [3.8, 4) is 0 Å². The minimum Gasteiger partial charge on any atom is -0.307 e. The third-order valence-electron chi connectivity index (χ3n) is 10.4. The van der Waals surface area contributed by atoms with Crippen molar-refractivity contribution in [3.63, 3.8) is 0 Å². The van der Waals surface area contributed by atoms with Gasteiger partial charge in [0.2, 0.25) is 0 Å². The van der Waals surface area contributed by atoms with Crippen molar-refractivity contribution in [1.29, 1.82) is 0 Å². The zero-order chi connectivity index (χ0) is 38.9. The molecule has 0 unspecified atom stereocenters. The molecule has 0 spiro atoms. The van der Waals surface area contributed by atoms with E-state index in [1.165, 1.54) is 57.8 Å². The summed E-state index contributed by atoms with van der Waals surface area (Å²) >= 11 is 11.4. The van der Waals surface area contributed by atoms with Crippen LogP contribution in [0, 0.1) is 0 Å². The van der Waals surface area contributed by atoms with E-state index in [-0.39, 0.29) is 16.7 Å². The lowest BCUT2D eigenvalue weighted by Gasteiger charge is -2.12. The average molecular weight is 931 g/mol. The Morgan fingerprint density at radius 1 is 0.370 bits per heavy atom. The zero-order valence-electron chi connectivity index (χ0n) is 32.7. The maximum atomic E-state index is 14.4. The SMILES string of the molecule is CCCCCCCCn1c(=O)c2ccc(c(Br)c2)n(CCCCCCCC)c(=O)c2ccc(c(Br)c2)n(CCCCCCCC)c(=O)c2ccc1c(Br)c2. The lowest BCUT2D eigenvalue weighted by Crippen LogP contribution is -2.22. The summed E-state index contributed by atoms with van der Waals surface area (Å²) in [6, 6.07) is 16.8. The molecule has 9 heteroatoms. The van der Waals surface area contributed by atoms with Gasteiger partial charge >= 0.3 is 0 Å². The molecule has 0 amide bonds. The van der Waals surface area contributed by atoms with Gasteiger partial charge in [0.25, 0.3) is 16.7 Å². The van der Waals surface area contributed by atoms with E-state index in [4.69, 9.17) is 0 Å². The molecule has 0 aliphatic rings. The van der Waals surface area contributed by atoms with Gasteiger partial charge in [0.05, 0.1) is 16.6 Å². The predicted octanol–water partition coefficient (Wildman–Crippen LogP) is 13.7. The summed E-state index contributed by atoms with van der Waals surface area (Å²) in [5, 5.41) is 1.61. The highest BCUT2D eigenvalue weighted by molar-refractivity contribution is 9.11. The molecule has 7 rings (SSSR count). The number of benzene rings is 3. The fourth-order valence-corrected chi connectivity index (χ4v) is 8.97. The molecular formula is C45H60Br3N3O3. The first-order valence-electron chi connectivity index (χ1n) is 20.6. The molecule has 4 heterocycles. The fraction of sp³-hybridized carbons (Fsp3) is 0.533. The Labute approximate surface area is 347 Å². The van der Waals surface area contributed by atoms with Crippen LogP contribution in [0.2, 0.25) is 0 Å². The van der Waals surface area contributed by atoms with Crippen molar-refractivity contribution < 1.29 is 0 Å². The Morgan fingerprint density at radius 3 is 0.852 bits per heavy atom. The van der Waals surface area contributed by atoms with Crippen LogP contribution in [0.15, 0.2) is 82.4 Å². The fourth-order valence-electron chi connectivity index (χ4n) is 7.19. The lowest BCUT2D eigenvalue weighted by molar-refractivity contribution is 0.558. The summed E-state index contributed by atoms with van der Waals surface area (Å²) in [4.78, 5) is 43.3. The maximum Gasteiger partial charge on any atom is 0.258 e. The normalized spacial score (nSPS) is 11.4. The minimum absolute atomic E-state index is 0.117. The van der Waals surface area contributed by atoms with Gasteiger partial charge < -0.3 is 13.7 Å². The van der Waals surface area contributed by atoms with Gasteiger partial charge in [-0.25, -0.2) is 0 Å². The van der Waals surface area contributed by atoms with Crippen LogP contribution in [-0.2, 0) is 19.6 Å². The van der Waals surface area contributed by atoms with Gasteiger partial charge in [-0.05, 0) is 122 Å². The van der Waals surface area contributed by atoms with Crippen LogP contribution in [0.1, 0.15) is 136 Å². The Hall–Kier alpha value is -2.49. The van der Waals surface area contributed by atoms with Gasteiger partial charge in [-0.15, -0.1) is 0 Å². The molecule has 0 N–H and O–H groups in total. The number of unbranched alkanes of at least 4 members (excludes halogenated alkanes) is 15. The van der Waals surface area contributed by atoms with E-state index in [1.807, 2.05) is 68.3 Å². The van der Waals surface area contributed by atoms with Crippen LogP contribution in [0.5, 0.6) is 0 Å². The molecule has 0 saturated heterocycles. The van der Waals surface area contributed by atoms with Gasteiger partial charge in [0.15, 0.2) is 0 Å². The number of halogens is 3. The van der Waals surface area contributed by atoms with Crippen molar-refractivity contribution in [2.75, 3.05) is 0 Å². The summed E-state index contributed by atoms with van der Waals surface area (Å²) < 4.78 is 7.62. The van der Waals surface area contributed by atoms with Crippen LogP contribution in [0.25, 0.3) is 32.7 Å². The van der Waals surface area contributed by atoms with Gasteiger partial charge in [-0.3, -0.25) is 14.4 Å². The molecule has 0 aliphatic heterocycles. The number of hydrogen-bond acceptors (Lipinski definition) is 3. The molecule has 294 valence electrons. The quantitative estimate of drug-likeness (QED) is 0.0782. The third-order valence-corrected chi connectivity index (χ3v) is 12.3. The predicted molar refractivity (Wildman–Crippen MR) is 241 cm³/mol. The van der Waals surface area contributed by atoms with Crippen LogP contribution in [-0.4, -0.2) is 13.7 Å². The van der Waals surface area contributed by atoms with Crippen LogP contribution < -0.4 is 16.7 Å². The molecule has 0 atom stereocenters. The first kappa shape index (κ1) is 44.2. The van der Waals surface area contributed by atoms with Gasteiger partial charge in [0, 0.05) is 49.2 Å². The first-order chi connectivity index (χ1) is 26.2. The Morgan fingerprint density at radius 2 is 0.611 bits per heavy atom. The van der Waals surface area contributed by atoms with Gasteiger partial charge in [0.1, 0.15) is 0 Å². The summed E-state index contributed by atoms with van der Waals surface area (Å²) in [5.74, 6) is 0. The number of aromatic nitrogens is 3. The molecule has 4 aromatic heterocycles. The highest BCUT2D eigenvalue weighted by Crippen LogP contribution is 2.24. The zero-order valence-corrected chi connectivity index (χ0v) is 37.5. The van der Waals surface area contributed by atoms with Crippen molar-refractivity contribution in [2.24, 2.45) is 0 Å². The Kier molecular flexibility index (Phi) is 19.3. The van der Waals surface area contributed by atoms with Gasteiger partial charge in [-0.2, -0.15) is 0 Å². The smallest absolute Gasteiger partial charge is 0.258 e. The monoisotopic (exact) mass is 927 g/mol. The lowest BCUT2D eigenvalue weighted by atomic mass is 10.1. The molecule has 54 heavy (non-hydrogen) atoms. The van der Waals surface area contributed by atoms with Gasteiger partial charge in [-0.1, -0.05) is 117 Å². The topological polar surface area (TPSA) is 66.0 Å². The van der Waals surface area contributed by atoms with E-state index < -0.39 is 0 Å². The second-order valence-corrected chi connectivity index (χ2v) is 17.2. The number of rotatable bonds is 21. The largest absolute Gasteiger partial charge is 0.307 e. The molecular weight excluding hydrogens is 870 g/mol. The van der Waals surface area contributed by atoms with Crippen molar-refractivity contribution in [2.45, 2.75) is 156 Å². The van der Waals surface area contributed by atoms with Crippen molar-refractivity contribution in [3.05, 3.63) is 99.1 Å². The van der Waals surface area contributed by atoms with Crippen LogP contribution in [0.4, 0.5) is 0 Å². The van der Waals surface area contributed by atoms with Crippen LogP contribution in [0.3, 0.4) is 0 Å². The summed E-state index contributed by atoms with van der Waals surface area (Å²) in [6.07, 6.45) is 20.0. The molecule has 0 fully saturated rings. The summed E-state index contributed by atoms with van der Waals surface area (Å²) in [6.45, 7) is 8.32. The van der Waals surface area contributed by atoms with E-state index in [0.29, 0.717) is 49.2 Å². The maximum absolute atomic E-state index is 14.4. The Bertz CT molecular complexity index is 1880. The van der Waals surface area contributed by atoms with Crippen molar-refractivity contribution >= 4 is 80.5 Å².